The van der Waals surface area contributed by atoms with E-state index in [1.807, 2.05) is 131 Å². The van der Waals surface area contributed by atoms with Crippen LogP contribution >= 0.6 is 0 Å². The fourth-order valence-corrected chi connectivity index (χ4v) is 18.0. The number of para-hydroxylation sites is 1. The zero-order valence-electron chi connectivity index (χ0n) is 72.1. The number of aryl methyl sites for hydroxylation is 6. The minimum Gasteiger partial charge on any atom is -0.330 e. The molecule has 0 saturated carbocycles. The minimum absolute atomic E-state index is 0.0971. The Hall–Kier alpha value is -14.9. The van der Waals surface area contributed by atoms with E-state index in [4.69, 9.17) is 0 Å². The molecular weight excluding hydrogens is 1710 g/mol. The predicted octanol–water partition coefficient (Wildman–Crippen LogP) is 18.3. The second kappa shape index (κ2) is 35.3. The van der Waals surface area contributed by atoms with Crippen molar-refractivity contribution in [1.29, 1.82) is 0 Å². The van der Waals surface area contributed by atoms with Crippen LogP contribution in [0.15, 0.2) is 176 Å². The summed E-state index contributed by atoms with van der Waals surface area (Å²) in [6, 6.07) is 37.5. The number of nitrogens with zero attached hydrogens (tertiary/aromatic N) is 19. The van der Waals surface area contributed by atoms with Gasteiger partial charge in [0, 0.05) is 147 Å². The Balaban J connectivity index is 0.000000122. The fourth-order valence-electron chi connectivity index (χ4n) is 18.0. The van der Waals surface area contributed by atoms with E-state index >= 15 is 0 Å². The van der Waals surface area contributed by atoms with Gasteiger partial charge in [0.15, 0.2) is 69.8 Å². The van der Waals surface area contributed by atoms with Crippen molar-refractivity contribution in [2.75, 3.05) is 26.2 Å². The zero-order chi connectivity index (χ0) is 92.7. The van der Waals surface area contributed by atoms with Crippen molar-refractivity contribution < 1.29 is 71.9 Å². The van der Waals surface area contributed by atoms with E-state index in [9.17, 15) is 71.9 Å². The Morgan fingerprint density at radius 2 is 0.763 bits per heavy atom. The number of carbonyl (C=O) groups excluding carboxylic acids is 4. The molecule has 4 aliphatic rings. The topological polar surface area (TPSA) is 226 Å². The summed E-state index contributed by atoms with van der Waals surface area (Å²) in [5.74, 6) is -16.0. The van der Waals surface area contributed by atoms with Gasteiger partial charge in [-0.2, -0.15) is 20.4 Å². The van der Waals surface area contributed by atoms with Crippen LogP contribution < -0.4 is 0 Å². The standard InChI is InChI=1S/C25H23F3N6O.C24H20F3N5O.C24H19F3N4O.C23H19F3N4O/c1-4-20-29-24(31-34(20)16-8-6-5-7-9-16)25(35)33-11-10-17-22(14(33)2)30-32(3)23(17)15-12-18(26)21(28)19(27)13-15;1-12-11-28-20-10-14(4-5-19(20)29-12)24(33)32-7-6-16-22(13(32)2)30-31(3)23(16)15-8-17(25)21(27)18(26)9-15;1-13-22-17(23(30(2)29-22)16-11-18(25)21(27)19(26)12-16)7-9-31(13)24(32)15-5-6-20-14(10-15)4-3-8-28-20;1-13-21-16(22(28(2)27-21)14-11-17(24)20(26)18(25)12-14)7-10-30(13)23(31)15-5-3-8-29-9-4-6-19(15)29/h5-9,12-14H,4,10-11H2,1-3H3;4-5,8-11,13H,6-7H2,1-3H3;3-6,8,10-13H,7,9H2,1-2H3;3-6,8-9,11-13H,7,10H2,1-2H3/t14-;3*13-/m0000/s1. The first-order valence-electron chi connectivity index (χ1n) is 42.0. The van der Waals surface area contributed by atoms with Gasteiger partial charge >= 0.3 is 0 Å². The molecule has 4 atom stereocenters. The van der Waals surface area contributed by atoms with Crippen molar-refractivity contribution in [3.8, 4) is 50.7 Å². The summed E-state index contributed by atoms with van der Waals surface area (Å²) in [6.07, 6.45) is 9.52. The van der Waals surface area contributed by atoms with Gasteiger partial charge in [0.1, 0.15) is 5.82 Å². The zero-order valence-corrected chi connectivity index (χ0v) is 72.1. The van der Waals surface area contributed by atoms with Gasteiger partial charge < -0.3 is 24.0 Å². The lowest BCUT2D eigenvalue weighted by molar-refractivity contribution is 0.0656. The summed E-state index contributed by atoms with van der Waals surface area (Å²) in [5, 5.41) is 23.5. The minimum atomic E-state index is -1.51. The highest BCUT2D eigenvalue weighted by Gasteiger charge is 2.40. The molecule has 0 saturated heterocycles. The number of hydrogen-bond donors (Lipinski definition) is 0. The van der Waals surface area contributed by atoms with Gasteiger partial charge in [0.05, 0.1) is 109 Å². The molecule has 0 spiro atoms. The maximum atomic E-state index is 13.9. The van der Waals surface area contributed by atoms with Crippen molar-refractivity contribution in [3.05, 3.63) is 325 Å². The summed E-state index contributed by atoms with van der Waals surface area (Å²) in [4.78, 5) is 77.8. The number of hydrogen-bond acceptors (Lipinski definition) is 13. The SMILES string of the molecule is CCc1nc(C(=O)N2CCc3c(nn(C)c3-c3cc(F)c(F)c(F)c3)[C@@H]2C)nn1-c1ccccc1.C[C@H]1c2nn(C)c(-c3cc(F)c(F)c(F)c3)c2CCN1C(=O)c1ccc2ncccc2c1.C[C@H]1c2nn(C)c(-c3cc(F)c(F)c(F)c3)c2CCN1C(=O)c1cccn2cccc12.Cc1cnc2cc(C(=O)N3CCc4c(nn(C)c4-c4cc(F)c(F)c(F)c4)[C@@H]3C)ccc2n1. The normalized spacial score (nSPS) is 15.7. The monoisotopic (exact) mass is 1790 g/mol. The highest BCUT2D eigenvalue weighted by atomic mass is 19.2. The number of rotatable bonds is 10. The summed E-state index contributed by atoms with van der Waals surface area (Å²) in [7, 11) is 6.66. The second-order valence-electron chi connectivity index (χ2n) is 32.4. The number of pyridine rings is 2. The Morgan fingerprint density at radius 3 is 1.18 bits per heavy atom. The molecule has 23 nitrogen and oxygen atoms in total. The highest BCUT2D eigenvalue weighted by molar-refractivity contribution is 6.02. The number of amides is 4. The van der Waals surface area contributed by atoms with Crippen LogP contribution in [0, 0.1) is 76.7 Å². The number of benzene rings is 7. The third-order valence-corrected chi connectivity index (χ3v) is 24.4. The summed E-state index contributed by atoms with van der Waals surface area (Å²) < 4.78 is 174. The number of fused-ring (bicyclic) bond motifs is 7. The summed E-state index contributed by atoms with van der Waals surface area (Å²) >= 11 is 0. The summed E-state index contributed by atoms with van der Waals surface area (Å²) in [5.41, 5.74) is 14.9. The number of halogens is 12. The molecule has 0 aliphatic carbocycles. The van der Waals surface area contributed by atoms with Gasteiger partial charge in [-0.3, -0.25) is 47.9 Å². The molecule has 131 heavy (non-hydrogen) atoms. The molecular formula is C96H81F12N19O4. The Bertz CT molecular complexity index is 7190. The molecule has 668 valence electrons. The van der Waals surface area contributed by atoms with Crippen LogP contribution in [-0.4, -0.2) is 143 Å². The third kappa shape index (κ3) is 16.2. The van der Waals surface area contributed by atoms with E-state index in [1.54, 1.807) is 95.2 Å². The second-order valence-corrected chi connectivity index (χ2v) is 32.4. The molecule has 20 rings (SSSR count). The molecule has 35 heteroatoms. The molecule has 0 unspecified atom stereocenters. The average molecular weight is 1790 g/mol. The maximum absolute atomic E-state index is 13.9. The lowest BCUT2D eigenvalue weighted by Crippen LogP contribution is -2.39. The highest BCUT2D eigenvalue weighted by Crippen LogP contribution is 2.43. The van der Waals surface area contributed by atoms with Crippen molar-refractivity contribution in [1.82, 2.24) is 92.8 Å². The molecule has 7 aromatic carbocycles. The molecule has 13 heterocycles. The van der Waals surface area contributed by atoms with Crippen LogP contribution in [0.3, 0.4) is 0 Å². The summed E-state index contributed by atoms with van der Waals surface area (Å²) in [6.45, 7) is 12.9. The van der Waals surface area contributed by atoms with E-state index in [1.165, 1.54) is 18.7 Å². The predicted molar refractivity (Wildman–Crippen MR) is 461 cm³/mol. The van der Waals surface area contributed by atoms with Crippen molar-refractivity contribution >= 4 is 51.1 Å². The molecule has 16 aromatic rings. The van der Waals surface area contributed by atoms with E-state index in [0.29, 0.717) is 137 Å². The van der Waals surface area contributed by atoms with Crippen LogP contribution in [0.4, 0.5) is 52.7 Å². The third-order valence-electron chi connectivity index (χ3n) is 24.4. The van der Waals surface area contributed by atoms with Gasteiger partial charge in [-0.25, -0.2) is 67.3 Å². The first-order valence-corrected chi connectivity index (χ1v) is 42.0. The van der Waals surface area contributed by atoms with E-state index in [0.717, 1.165) is 98.6 Å². The molecule has 0 N–H and O–H groups in total. The first kappa shape index (κ1) is 88.1. The van der Waals surface area contributed by atoms with Gasteiger partial charge in [-0.15, -0.1) is 5.10 Å². The largest absolute Gasteiger partial charge is 0.330 e. The Labute approximate surface area is 740 Å². The quantitative estimate of drug-likeness (QED) is 0.0918. The average Bonchev–Trinajstić information content (AvgIpc) is 1.62. The van der Waals surface area contributed by atoms with Gasteiger partial charge in [0.2, 0.25) is 5.82 Å². The Kier molecular flexibility index (Phi) is 23.7. The molecule has 4 aliphatic heterocycles. The number of carbonyl (C=O) groups is 4. The van der Waals surface area contributed by atoms with E-state index in [-0.39, 0.29) is 69.8 Å². The van der Waals surface area contributed by atoms with Crippen LogP contribution in [0.5, 0.6) is 0 Å². The van der Waals surface area contributed by atoms with E-state index in [2.05, 4.69) is 45.4 Å². The molecule has 0 fully saturated rings. The smallest absolute Gasteiger partial charge is 0.294 e. The van der Waals surface area contributed by atoms with E-state index < -0.39 is 75.8 Å². The van der Waals surface area contributed by atoms with Crippen molar-refractivity contribution in [2.24, 2.45) is 28.2 Å². The van der Waals surface area contributed by atoms with Crippen molar-refractivity contribution in [3.63, 3.8) is 0 Å². The molecule has 0 radical (unpaired) electrons. The van der Waals surface area contributed by atoms with Crippen LogP contribution in [0.1, 0.15) is 157 Å². The molecule has 0 bridgehead atoms. The Morgan fingerprint density at radius 1 is 0.382 bits per heavy atom. The van der Waals surface area contributed by atoms with Crippen molar-refractivity contribution in [2.45, 2.75) is 97.8 Å². The first-order chi connectivity index (χ1) is 62.7. The van der Waals surface area contributed by atoms with Crippen LogP contribution in [-0.2, 0) is 60.3 Å². The fraction of sp³-hybridized carbons (Fsp3) is 0.240. The molecule has 9 aromatic heterocycles. The lowest BCUT2D eigenvalue weighted by atomic mass is 9.95. The van der Waals surface area contributed by atoms with Crippen LogP contribution in [0.2, 0.25) is 0 Å². The van der Waals surface area contributed by atoms with Gasteiger partial charge in [-0.1, -0.05) is 31.2 Å². The molecule has 4 amide bonds. The van der Waals surface area contributed by atoms with Gasteiger partial charge in [0.25, 0.3) is 23.6 Å². The number of aromatic nitrogens is 15. The lowest BCUT2D eigenvalue weighted by Gasteiger charge is -2.33. The van der Waals surface area contributed by atoms with Gasteiger partial charge in [-0.05, 0) is 188 Å². The van der Waals surface area contributed by atoms with Crippen LogP contribution in [0.25, 0.3) is 78.2 Å². The maximum Gasteiger partial charge on any atom is 0.294 e.